The number of aromatic nitrogens is 1. The summed E-state index contributed by atoms with van der Waals surface area (Å²) >= 11 is 6.16. The number of fused-ring (bicyclic) bond motifs is 4. The SMILES string of the molecule is COc1c2ccc(F)cc2nc2c1oc1c(Cl)cccc12. The average Bonchev–Trinajstić information content (AvgIpc) is 2.84. The molecule has 0 aliphatic heterocycles. The minimum absolute atomic E-state index is 0.345. The Hall–Kier alpha value is -2.33. The summed E-state index contributed by atoms with van der Waals surface area (Å²) in [5.74, 6) is 0.185. The Balaban J connectivity index is 2.29. The maximum absolute atomic E-state index is 13.5. The van der Waals surface area contributed by atoms with Crippen molar-refractivity contribution in [3.63, 3.8) is 0 Å². The Morgan fingerprint density at radius 1 is 1.14 bits per heavy atom. The summed E-state index contributed by atoms with van der Waals surface area (Å²) in [6, 6.07) is 9.81. The van der Waals surface area contributed by atoms with E-state index >= 15 is 0 Å². The van der Waals surface area contributed by atoms with Gasteiger partial charge >= 0.3 is 0 Å². The number of benzene rings is 2. The lowest BCUT2D eigenvalue weighted by Crippen LogP contribution is -1.89. The normalized spacial score (nSPS) is 11.6. The second-order valence-electron chi connectivity index (χ2n) is 4.70. The zero-order valence-corrected chi connectivity index (χ0v) is 11.7. The fourth-order valence-corrected chi connectivity index (χ4v) is 2.78. The number of para-hydroxylation sites is 1. The van der Waals surface area contributed by atoms with E-state index in [1.165, 1.54) is 12.1 Å². The highest BCUT2D eigenvalue weighted by Gasteiger charge is 2.18. The smallest absolute Gasteiger partial charge is 0.196 e. The van der Waals surface area contributed by atoms with Crippen LogP contribution in [-0.4, -0.2) is 12.1 Å². The number of hydrogen-bond acceptors (Lipinski definition) is 3. The summed E-state index contributed by atoms with van der Waals surface area (Å²) < 4.78 is 24.7. The topological polar surface area (TPSA) is 35.3 Å². The van der Waals surface area contributed by atoms with Crippen molar-refractivity contribution in [3.05, 3.63) is 47.2 Å². The third-order valence-corrected chi connectivity index (χ3v) is 3.79. The van der Waals surface area contributed by atoms with Crippen molar-refractivity contribution in [3.8, 4) is 5.75 Å². The minimum Gasteiger partial charge on any atom is -0.492 e. The van der Waals surface area contributed by atoms with Crippen LogP contribution in [-0.2, 0) is 0 Å². The number of ether oxygens (including phenoxy) is 1. The monoisotopic (exact) mass is 301 g/mol. The van der Waals surface area contributed by atoms with Gasteiger partial charge in [0.25, 0.3) is 0 Å². The molecule has 0 aliphatic carbocycles. The number of nitrogens with zero attached hydrogens (tertiary/aromatic N) is 1. The zero-order chi connectivity index (χ0) is 14.6. The minimum atomic E-state index is -0.345. The number of methoxy groups -OCH3 is 1. The van der Waals surface area contributed by atoms with Crippen molar-refractivity contribution in [2.75, 3.05) is 7.11 Å². The van der Waals surface area contributed by atoms with E-state index in [1.54, 1.807) is 19.2 Å². The molecule has 3 nitrogen and oxygen atoms in total. The number of rotatable bonds is 1. The molecule has 0 aliphatic rings. The molecule has 0 unspecified atom stereocenters. The van der Waals surface area contributed by atoms with Crippen LogP contribution in [0.3, 0.4) is 0 Å². The summed E-state index contributed by atoms with van der Waals surface area (Å²) in [7, 11) is 1.55. The van der Waals surface area contributed by atoms with Gasteiger partial charge in [0.15, 0.2) is 16.9 Å². The van der Waals surface area contributed by atoms with Gasteiger partial charge in [0.2, 0.25) is 0 Å². The summed E-state index contributed by atoms with van der Waals surface area (Å²) in [4.78, 5) is 4.50. The largest absolute Gasteiger partial charge is 0.492 e. The van der Waals surface area contributed by atoms with Gasteiger partial charge in [0.05, 0.1) is 17.6 Å². The molecule has 0 N–H and O–H groups in total. The van der Waals surface area contributed by atoms with E-state index in [2.05, 4.69) is 4.98 Å². The van der Waals surface area contributed by atoms with E-state index in [0.717, 1.165) is 5.39 Å². The van der Waals surface area contributed by atoms with Crippen molar-refractivity contribution < 1.29 is 13.5 Å². The summed E-state index contributed by atoms with van der Waals surface area (Å²) in [6.45, 7) is 0. The molecule has 0 bridgehead atoms. The number of furan rings is 1. The highest BCUT2D eigenvalue weighted by molar-refractivity contribution is 6.35. The van der Waals surface area contributed by atoms with Gasteiger partial charge in [-0.05, 0) is 24.3 Å². The van der Waals surface area contributed by atoms with Crippen molar-refractivity contribution in [1.82, 2.24) is 4.98 Å². The second kappa shape index (κ2) is 4.33. The van der Waals surface area contributed by atoms with Crippen LogP contribution in [0.25, 0.3) is 33.0 Å². The van der Waals surface area contributed by atoms with Gasteiger partial charge < -0.3 is 9.15 Å². The third kappa shape index (κ3) is 1.69. The van der Waals surface area contributed by atoms with Gasteiger partial charge in [-0.15, -0.1) is 0 Å². The lowest BCUT2D eigenvalue weighted by Gasteiger charge is -2.05. The van der Waals surface area contributed by atoms with Gasteiger partial charge in [-0.1, -0.05) is 17.7 Å². The standard InChI is InChI=1S/C16H9ClFNO2/c1-20-15-9-6-5-8(18)7-12(9)19-13-10-3-2-4-11(17)14(10)21-16(13)15/h2-7H,1H3. The Bertz CT molecular complexity index is 1010. The molecule has 4 aromatic rings. The highest BCUT2D eigenvalue weighted by atomic mass is 35.5. The average molecular weight is 302 g/mol. The molecule has 0 radical (unpaired) electrons. The predicted octanol–water partition coefficient (Wildman–Crippen LogP) is 4.94. The first-order valence-corrected chi connectivity index (χ1v) is 6.71. The fraction of sp³-hybridized carbons (Fsp3) is 0.0625. The molecule has 104 valence electrons. The van der Waals surface area contributed by atoms with Crippen LogP contribution in [0.4, 0.5) is 4.39 Å². The van der Waals surface area contributed by atoms with E-state index in [9.17, 15) is 4.39 Å². The Morgan fingerprint density at radius 3 is 2.81 bits per heavy atom. The summed E-state index contributed by atoms with van der Waals surface area (Å²) in [6.07, 6.45) is 0. The molecule has 0 atom stereocenters. The van der Waals surface area contributed by atoms with Crippen molar-refractivity contribution in [2.45, 2.75) is 0 Å². The molecule has 0 amide bonds. The summed E-state index contributed by atoms with van der Waals surface area (Å²) in [5, 5.41) is 1.98. The number of hydrogen-bond donors (Lipinski definition) is 0. The molecule has 0 fully saturated rings. The Morgan fingerprint density at radius 2 is 2.00 bits per heavy atom. The van der Waals surface area contributed by atoms with Crippen molar-refractivity contribution in [2.24, 2.45) is 0 Å². The molecule has 2 heterocycles. The molecular formula is C16H9ClFNO2. The van der Waals surface area contributed by atoms with Gasteiger partial charge in [-0.25, -0.2) is 9.37 Å². The van der Waals surface area contributed by atoms with E-state index < -0.39 is 0 Å². The lowest BCUT2D eigenvalue weighted by molar-refractivity contribution is 0.416. The second-order valence-corrected chi connectivity index (χ2v) is 5.11. The van der Waals surface area contributed by atoms with Crippen molar-refractivity contribution >= 4 is 44.6 Å². The van der Waals surface area contributed by atoms with Crippen LogP contribution in [0.5, 0.6) is 5.75 Å². The first-order chi connectivity index (χ1) is 10.2. The predicted molar refractivity (Wildman–Crippen MR) is 80.5 cm³/mol. The molecule has 0 spiro atoms. The highest BCUT2D eigenvalue weighted by Crippen LogP contribution is 2.40. The summed E-state index contributed by atoms with van der Waals surface area (Å²) in [5.41, 5.74) is 2.19. The lowest BCUT2D eigenvalue weighted by atomic mass is 10.1. The first-order valence-electron chi connectivity index (χ1n) is 6.33. The van der Waals surface area contributed by atoms with E-state index in [0.29, 0.717) is 38.4 Å². The maximum Gasteiger partial charge on any atom is 0.196 e. The maximum atomic E-state index is 13.5. The van der Waals surface area contributed by atoms with E-state index in [1.807, 2.05) is 12.1 Å². The molecule has 5 heteroatoms. The van der Waals surface area contributed by atoms with Crippen LogP contribution in [0.1, 0.15) is 0 Å². The van der Waals surface area contributed by atoms with Gasteiger partial charge in [0.1, 0.15) is 11.3 Å². The zero-order valence-electron chi connectivity index (χ0n) is 11.0. The molecule has 2 aromatic carbocycles. The molecular weight excluding hydrogens is 293 g/mol. The quantitative estimate of drug-likeness (QED) is 0.500. The van der Waals surface area contributed by atoms with E-state index in [4.69, 9.17) is 20.8 Å². The number of halogens is 2. The molecule has 21 heavy (non-hydrogen) atoms. The van der Waals surface area contributed by atoms with Gasteiger partial charge in [-0.3, -0.25) is 0 Å². The Kier molecular flexibility index (Phi) is 2.56. The van der Waals surface area contributed by atoms with Gasteiger partial charge in [-0.2, -0.15) is 0 Å². The van der Waals surface area contributed by atoms with E-state index in [-0.39, 0.29) is 5.82 Å². The fourth-order valence-electron chi connectivity index (χ4n) is 2.57. The third-order valence-electron chi connectivity index (χ3n) is 3.49. The number of pyridine rings is 1. The van der Waals surface area contributed by atoms with Crippen LogP contribution >= 0.6 is 11.6 Å². The van der Waals surface area contributed by atoms with Gasteiger partial charge in [0, 0.05) is 16.8 Å². The van der Waals surface area contributed by atoms with Crippen LogP contribution < -0.4 is 4.74 Å². The molecule has 4 rings (SSSR count). The molecule has 0 saturated heterocycles. The van der Waals surface area contributed by atoms with Crippen LogP contribution in [0.15, 0.2) is 40.8 Å². The van der Waals surface area contributed by atoms with Crippen molar-refractivity contribution in [1.29, 1.82) is 0 Å². The molecule has 0 saturated carbocycles. The first kappa shape index (κ1) is 12.4. The van der Waals surface area contributed by atoms with Crippen LogP contribution in [0, 0.1) is 5.82 Å². The Labute approximate surface area is 123 Å². The van der Waals surface area contributed by atoms with Crippen LogP contribution in [0.2, 0.25) is 5.02 Å². The molecule has 2 aromatic heterocycles.